The number of carbonyl (C=O) groups excluding carboxylic acids is 2. The van der Waals surface area contributed by atoms with Gasteiger partial charge in [-0.3, -0.25) is 4.79 Å². The Morgan fingerprint density at radius 3 is 2.48 bits per heavy atom. The summed E-state index contributed by atoms with van der Waals surface area (Å²) in [6.45, 7) is 2.86. The number of hydrogen-bond donors (Lipinski definition) is 1. The molecule has 3 amide bonds. The van der Waals surface area contributed by atoms with Gasteiger partial charge in [0.15, 0.2) is 0 Å². The lowest BCUT2D eigenvalue weighted by molar-refractivity contribution is -0.142. The molecule has 2 heterocycles. The lowest BCUT2D eigenvalue weighted by atomic mass is 10.2. The number of urea groups is 1. The number of nitrogens with one attached hydrogen (secondary N) is 1. The lowest BCUT2D eigenvalue weighted by Crippen LogP contribution is -2.53. The molecule has 1 aromatic carbocycles. The van der Waals surface area contributed by atoms with E-state index in [-0.39, 0.29) is 18.0 Å². The smallest absolute Gasteiger partial charge is 0.321 e. The molecule has 1 N–H and O–H groups in total. The molecule has 0 aromatic heterocycles. The van der Waals surface area contributed by atoms with Crippen LogP contribution < -0.4 is 5.32 Å². The van der Waals surface area contributed by atoms with Crippen LogP contribution in [0.5, 0.6) is 0 Å². The Morgan fingerprint density at radius 2 is 1.83 bits per heavy atom. The maximum atomic E-state index is 12.3. The molecule has 7 heteroatoms. The molecule has 2 saturated heterocycles. The normalized spacial score (nSPS) is 21.3. The first-order valence-corrected chi connectivity index (χ1v) is 8.65. The number of hydrogen-bond acceptors (Lipinski definition) is 3. The molecule has 0 saturated carbocycles. The highest BCUT2D eigenvalue weighted by Crippen LogP contribution is 2.22. The highest BCUT2D eigenvalue weighted by Gasteiger charge is 2.31. The molecule has 6 nitrogen and oxygen atoms in total. The van der Waals surface area contributed by atoms with Crippen molar-refractivity contribution >= 4 is 33.6 Å². The van der Waals surface area contributed by atoms with Gasteiger partial charge in [-0.15, -0.1) is 0 Å². The number of ether oxygens (including phenoxy) is 1. The number of piperazine rings is 1. The van der Waals surface area contributed by atoms with Crippen LogP contribution in [-0.2, 0) is 9.53 Å². The molecule has 2 fully saturated rings. The van der Waals surface area contributed by atoms with Crippen molar-refractivity contribution in [3.63, 3.8) is 0 Å². The third-order valence-corrected chi connectivity index (χ3v) is 4.89. The fourth-order valence-corrected chi connectivity index (χ4v) is 3.25. The molecule has 3 rings (SSSR count). The summed E-state index contributed by atoms with van der Waals surface area (Å²) < 4.78 is 6.29. The summed E-state index contributed by atoms with van der Waals surface area (Å²) in [6.07, 6.45) is 1.47. The predicted molar refractivity (Wildman–Crippen MR) is 90.3 cm³/mol. The molecule has 0 radical (unpaired) electrons. The van der Waals surface area contributed by atoms with Crippen LogP contribution in [0.15, 0.2) is 28.7 Å². The van der Waals surface area contributed by atoms with Crippen molar-refractivity contribution in [3.05, 3.63) is 28.7 Å². The molecular formula is C16H20BrN3O3. The maximum Gasteiger partial charge on any atom is 0.321 e. The fourth-order valence-electron chi connectivity index (χ4n) is 2.86. The number of halogens is 1. The van der Waals surface area contributed by atoms with Crippen molar-refractivity contribution in [3.8, 4) is 0 Å². The first kappa shape index (κ1) is 16.3. The van der Waals surface area contributed by atoms with Crippen LogP contribution in [0.1, 0.15) is 12.8 Å². The molecule has 124 valence electrons. The molecule has 1 atom stereocenters. The third kappa shape index (κ3) is 3.84. The van der Waals surface area contributed by atoms with Crippen LogP contribution in [-0.4, -0.2) is 60.6 Å². The topological polar surface area (TPSA) is 61.9 Å². The van der Waals surface area contributed by atoms with E-state index in [1.54, 1.807) is 9.80 Å². The predicted octanol–water partition coefficient (Wildman–Crippen LogP) is 2.30. The molecule has 2 aliphatic heterocycles. The van der Waals surface area contributed by atoms with E-state index in [0.29, 0.717) is 32.8 Å². The quantitative estimate of drug-likeness (QED) is 0.854. The minimum Gasteiger partial charge on any atom is -0.368 e. The van der Waals surface area contributed by atoms with Gasteiger partial charge in [-0.1, -0.05) is 12.1 Å². The van der Waals surface area contributed by atoms with Crippen molar-refractivity contribution in [2.24, 2.45) is 0 Å². The Morgan fingerprint density at radius 1 is 1.13 bits per heavy atom. The number of nitrogens with zero attached hydrogens (tertiary/aromatic N) is 2. The van der Waals surface area contributed by atoms with E-state index < -0.39 is 0 Å². The van der Waals surface area contributed by atoms with Gasteiger partial charge in [-0.2, -0.15) is 0 Å². The average Bonchev–Trinajstić information content (AvgIpc) is 3.11. The molecular weight excluding hydrogens is 362 g/mol. The van der Waals surface area contributed by atoms with Gasteiger partial charge in [0.2, 0.25) is 0 Å². The number of benzene rings is 1. The molecule has 23 heavy (non-hydrogen) atoms. The van der Waals surface area contributed by atoms with E-state index >= 15 is 0 Å². The van der Waals surface area contributed by atoms with Crippen LogP contribution in [0, 0.1) is 0 Å². The van der Waals surface area contributed by atoms with Gasteiger partial charge in [0.05, 0.1) is 5.69 Å². The second-order valence-corrected chi connectivity index (χ2v) is 6.58. The largest absolute Gasteiger partial charge is 0.368 e. The number of anilines is 1. The van der Waals surface area contributed by atoms with E-state index in [1.807, 2.05) is 24.3 Å². The Balaban J connectivity index is 1.51. The average molecular weight is 382 g/mol. The lowest BCUT2D eigenvalue weighted by Gasteiger charge is -2.35. The van der Waals surface area contributed by atoms with Gasteiger partial charge in [-0.25, -0.2) is 4.79 Å². The second-order valence-electron chi connectivity index (χ2n) is 5.72. The summed E-state index contributed by atoms with van der Waals surface area (Å²) in [7, 11) is 0. The summed E-state index contributed by atoms with van der Waals surface area (Å²) in [5.41, 5.74) is 0.746. The van der Waals surface area contributed by atoms with E-state index in [2.05, 4.69) is 21.2 Å². The molecule has 0 aliphatic carbocycles. The number of para-hydroxylation sites is 1. The van der Waals surface area contributed by atoms with Gasteiger partial charge >= 0.3 is 6.03 Å². The zero-order valence-electron chi connectivity index (χ0n) is 12.8. The van der Waals surface area contributed by atoms with Crippen molar-refractivity contribution in [2.45, 2.75) is 18.9 Å². The summed E-state index contributed by atoms with van der Waals surface area (Å²) in [5.74, 6) is 0.0633. The SMILES string of the molecule is O=C(Nc1ccccc1Br)N1CCN(C(=O)C2CCCO2)CC1. The van der Waals surface area contributed by atoms with Gasteiger partial charge in [0, 0.05) is 37.3 Å². The Labute approximate surface area is 143 Å². The van der Waals surface area contributed by atoms with Gasteiger partial charge in [0.1, 0.15) is 6.10 Å². The summed E-state index contributed by atoms with van der Waals surface area (Å²) >= 11 is 3.42. The summed E-state index contributed by atoms with van der Waals surface area (Å²) in [4.78, 5) is 28.1. The Kier molecular flexibility index (Phi) is 5.17. The summed E-state index contributed by atoms with van der Waals surface area (Å²) in [6, 6.07) is 7.36. The van der Waals surface area contributed by atoms with Crippen LogP contribution in [0.25, 0.3) is 0 Å². The van der Waals surface area contributed by atoms with Crippen LogP contribution in [0.2, 0.25) is 0 Å². The maximum absolute atomic E-state index is 12.3. The zero-order valence-corrected chi connectivity index (χ0v) is 14.4. The van der Waals surface area contributed by atoms with E-state index in [4.69, 9.17) is 4.74 Å². The second kappa shape index (κ2) is 7.31. The highest BCUT2D eigenvalue weighted by molar-refractivity contribution is 9.10. The summed E-state index contributed by atoms with van der Waals surface area (Å²) in [5, 5.41) is 2.89. The first-order chi connectivity index (χ1) is 11.1. The van der Waals surface area contributed by atoms with Gasteiger partial charge in [0.25, 0.3) is 5.91 Å². The minimum absolute atomic E-state index is 0.0633. The highest BCUT2D eigenvalue weighted by atomic mass is 79.9. The molecule has 1 aromatic rings. The zero-order chi connectivity index (χ0) is 16.2. The molecule has 0 bridgehead atoms. The van der Waals surface area contributed by atoms with Crippen LogP contribution in [0.4, 0.5) is 10.5 Å². The van der Waals surface area contributed by atoms with E-state index in [0.717, 1.165) is 23.0 Å². The van der Waals surface area contributed by atoms with Crippen molar-refractivity contribution in [2.75, 3.05) is 38.1 Å². The number of amides is 3. The number of rotatable bonds is 2. The minimum atomic E-state index is -0.282. The molecule has 1 unspecified atom stereocenters. The molecule has 2 aliphatic rings. The van der Waals surface area contributed by atoms with Crippen LogP contribution in [0.3, 0.4) is 0 Å². The first-order valence-electron chi connectivity index (χ1n) is 7.86. The third-order valence-electron chi connectivity index (χ3n) is 4.20. The van der Waals surface area contributed by atoms with Gasteiger partial charge < -0.3 is 19.9 Å². The van der Waals surface area contributed by atoms with Crippen molar-refractivity contribution < 1.29 is 14.3 Å². The van der Waals surface area contributed by atoms with E-state index in [9.17, 15) is 9.59 Å². The van der Waals surface area contributed by atoms with E-state index in [1.165, 1.54) is 0 Å². The monoisotopic (exact) mass is 381 g/mol. The Hall–Kier alpha value is -1.60. The number of carbonyl (C=O) groups is 2. The van der Waals surface area contributed by atoms with Crippen molar-refractivity contribution in [1.82, 2.24) is 9.80 Å². The fraction of sp³-hybridized carbons (Fsp3) is 0.500. The van der Waals surface area contributed by atoms with Crippen LogP contribution >= 0.6 is 15.9 Å². The standard InChI is InChI=1S/C16H20BrN3O3/c17-12-4-1-2-5-13(12)18-16(22)20-9-7-19(8-10-20)15(21)14-6-3-11-23-14/h1-2,4-5,14H,3,6-11H2,(H,18,22). The molecule has 0 spiro atoms. The van der Waals surface area contributed by atoms with Gasteiger partial charge in [-0.05, 0) is 40.9 Å². The van der Waals surface area contributed by atoms with Crippen molar-refractivity contribution in [1.29, 1.82) is 0 Å². The Bertz CT molecular complexity index is 582.